The monoisotopic (exact) mass is 225 g/mol. The van der Waals surface area contributed by atoms with Crippen molar-refractivity contribution in [2.75, 3.05) is 0 Å². The fourth-order valence-corrected chi connectivity index (χ4v) is 2.21. The van der Waals surface area contributed by atoms with Gasteiger partial charge in [-0.1, -0.05) is 29.2 Å². The summed E-state index contributed by atoms with van der Waals surface area (Å²) in [4.78, 5) is 11.4. The van der Waals surface area contributed by atoms with Gasteiger partial charge in [0.2, 0.25) is 0 Å². The van der Waals surface area contributed by atoms with Crippen molar-refractivity contribution in [3.05, 3.63) is 50.6 Å². The van der Waals surface area contributed by atoms with E-state index in [9.17, 15) is 4.79 Å². The summed E-state index contributed by atoms with van der Waals surface area (Å²) < 4.78 is 1.63. The highest BCUT2D eigenvalue weighted by atomic mass is 35.5. The zero-order chi connectivity index (χ0) is 10.1. The molecule has 1 aromatic carbocycles. The SMILES string of the molecule is Cc1c(Cl)cccc1-n1sccc1=O. The van der Waals surface area contributed by atoms with Crippen molar-refractivity contribution in [2.24, 2.45) is 0 Å². The lowest BCUT2D eigenvalue weighted by molar-refractivity contribution is 1.11. The number of halogens is 1. The molecule has 0 unspecified atom stereocenters. The molecule has 1 aromatic heterocycles. The Hall–Kier alpha value is -1.06. The first kappa shape index (κ1) is 9.49. The van der Waals surface area contributed by atoms with E-state index in [0.29, 0.717) is 5.02 Å². The van der Waals surface area contributed by atoms with Gasteiger partial charge in [-0.05, 0) is 24.6 Å². The van der Waals surface area contributed by atoms with Crippen LogP contribution in [0, 0.1) is 6.92 Å². The molecule has 2 aromatic rings. The van der Waals surface area contributed by atoms with Crippen molar-refractivity contribution in [3.63, 3.8) is 0 Å². The van der Waals surface area contributed by atoms with Gasteiger partial charge in [-0.2, -0.15) is 0 Å². The van der Waals surface area contributed by atoms with Crippen LogP contribution >= 0.6 is 23.1 Å². The number of aromatic nitrogens is 1. The Bertz CT molecular complexity index is 515. The summed E-state index contributed by atoms with van der Waals surface area (Å²) in [5, 5.41) is 2.45. The van der Waals surface area contributed by atoms with Gasteiger partial charge in [0.05, 0.1) is 5.69 Å². The van der Waals surface area contributed by atoms with Crippen LogP contribution in [0.1, 0.15) is 5.56 Å². The number of rotatable bonds is 1. The fraction of sp³-hybridized carbons (Fsp3) is 0.100. The summed E-state index contributed by atoms with van der Waals surface area (Å²) in [5.74, 6) is 0. The number of nitrogens with zero attached hydrogens (tertiary/aromatic N) is 1. The molecule has 0 radical (unpaired) electrons. The molecule has 0 aliphatic heterocycles. The molecule has 0 bridgehead atoms. The van der Waals surface area contributed by atoms with E-state index < -0.39 is 0 Å². The van der Waals surface area contributed by atoms with E-state index in [4.69, 9.17) is 11.6 Å². The predicted octanol–water partition coefficient (Wildman–Crippen LogP) is 2.86. The highest BCUT2D eigenvalue weighted by Crippen LogP contribution is 2.21. The Kier molecular flexibility index (Phi) is 2.44. The van der Waals surface area contributed by atoms with Gasteiger partial charge in [-0.25, -0.2) is 3.96 Å². The number of benzene rings is 1. The second kappa shape index (κ2) is 3.59. The van der Waals surface area contributed by atoms with E-state index in [2.05, 4.69) is 0 Å². The van der Waals surface area contributed by atoms with Crippen molar-refractivity contribution in [2.45, 2.75) is 6.92 Å². The molecule has 14 heavy (non-hydrogen) atoms. The summed E-state index contributed by atoms with van der Waals surface area (Å²) in [5.41, 5.74) is 1.77. The topological polar surface area (TPSA) is 22.0 Å². The quantitative estimate of drug-likeness (QED) is 0.732. The summed E-state index contributed by atoms with van der Waals surface area (Å²) in [6.45, 7) is 1.91. The number of hydrogen-bond donors (Lipinski definition) is 0. The maximum Gasteiger partial charge on any atom is 0.265 e. The minimum atomic E-state index is -0.0135. The highest BCUT2D eigenvalue weighted by molar-refractivity contribution is 7.04. The van der Waals surface area contributed by atoms with Crippen LogP contribution in [0.25, 0.3) is 5.69 Å². The molecule has 2 rings (SSSR count). The number of hydrogen-bond acceptors (Lipinski definition) is 2. The second-order valence-electron chi connectivity index (χ2n) is 2.92. The van der Waals surface area contributed by atoms with Gasteiger partial charge in [0, 0.05) is 16.5 Å². The lowest BCUT2D eigenvalue weighted by Crippen LogP contribution is -2.10. The highest BCUT2D eigenvalue weighted by Gasteiger charge is 2.06. The molecule has 0 spiro atoms. The third-order valence-electron chi connectivity index (χ3n) is 2.03. The largest absolute Gasteiger partial charge is 0.268 e. The van der Waals surface area contributed by atoms with E-state index in [1.165, 1.54) is 11.5 Å². The third-order valence-corrected chi connectivity index (χ3v) is 3.29. The first-order valence-electron chi connectivity index (χ1n) is 4.12. The first-order chi connectivity index (χ1) is 6.70. The summed E-state index contributed by atoms with van der Waals surface area (Å²) >= 11 is 7.34. The predicted molar refractivity (Wildman–Crippen MR) is 59.7 cm³/mol. The molecule has 0 N–H and O–H groups in total. The van der Waals surface area contributed by atoms with Gasteiger partial charge < -0.3 is 0 Å². The first-order valence-corrected chi connectivity index (χ1v) is 5.34. The fourth-order valence-electron chi connectivity index (χ4n) is 1.26. The smallest absolute Gasteiger partial charge is 0.265 e. The van der Waals surface area contributed by atoms with Crippen LogP contribution in [-0.4, -0.2) is 3.96 Å². The maximum absolute atomic E-state index is 11.4. The molecule has 0 aliphatic carbocycles. The molecule has 1 heterocycles. The van der Waals surface area contributed by atoms with Gasteiger partial charge in [0.25, 0.3) is 5.56 Å². The Morgan fingerprint density at radius 3 is 2.79 bits per heavy atom. The summed E-state index contributed by atoms with van der Waals surface area (Å²) in [6.07, 6.45) is 0. The van der Waals surface area contributed by atoms with Crippen molar-refractivity contribution >= 4 is 23.1 Å². The van der Waals surface area contributed by atoms with Crippen LogP contribution in [0.3, 0.4) is 0 Å². The molecular weight excluding hydrogens is 218 g/mol. The van der Waals surface area contributed by atoms with Crippen molar-refractivity contribution in [1.82, 2.24) is 3.96 Å². The van der Waals surface area contributed by atoms with E-state index in [-0.39, 0.29) is 5.56 Å². The van der Waals surface area contributed by atoms with Crippen molar-refractivity contribution < 1.29 is 0 Å². The molecule has 2 nitrogen and oxygen atoms in total. The molecule has 0 amide bonds. The zero-order valence-corrected chi connectivity index (χ0v) is 9.10. The van der Waals surface area contributed by atoms with Gasteiger partial charge in [0.1, 0.15) is 0 Å². The van der Waals surface area contributed by atoms with Gasteiger partial charge >= 0.3 is 0 Å². The lowest BCUT2D eigenvalue weighted by atomic mass is 10.2. The van der Waals surface area contributed by atoms with Crippen LogP contribution in [0.5, 0.6) is 0 Å². The lowest BCUT2D eigenvalue weighted by Gasteiger charge is -2.05. The summed E-state index contributed by atoms with van der Waals surface area (Å²) in [6, 6.07) is 7.10. The van der Waals surface area contributed by atoms with Crippen LogP contribution in [-0.2, 0) is 0 Å². The minimum absolute atomic E-state index is 0.0135. The van der Waals surface area contributed by atoms with E-state index in [1.807, 2.05) is 25.1 Å². The van der Waals surface area contributed by atoms with Gasteiger partial charge in [-0.3, -0.25) is 4.79 Å². The molecule has 72 valence electrons. The van der Waals surface area contributed by atoms with E-state index in [0.717, 1.165) is 11.3 Å². The van der Waals surface area contributed by atoms with E-state index >= 15 is 0 Å². The maximum atomic E-state index is 11.4. The molecule has 0 saturated heterocycles. The molecule has 4 heteroatoms. The molecule has 0 atom stereocenters. The van der Waals surface area contributed by atoms with Gasteiger partial charge in [0.15, 0.2) is 0 Å². The Morgan fingerprint density at radius 1 is 1.36 bits per heavy atom. The Balaban J connectivity index is 2.69. The minimum Gasteiger partial charge on any atom is -0.268 e. The zero-order valence-electron chi connectivity index (χ0n) is 7.53. The molecule has 0 aliphatic rings. The average Bonchev–Trinajstić information content (AvgIpc) is 2.57. The Morgan fingerprint density at radius 2 is 2.14 bits per heavy atom. The van der Waals surface area contributed by atoms with E-state index in [1.54, 1.807) is 15.4 Å². The third kappa shape index (κ3) is 1.49. The Labute approximate surface area is 90.5 Å². The van der Waals surface area contributed by atoms with Crippen molar-refractivity contribution in [1.29, 1.82) is 0 Å². The van der Waals surface area contributed by atoms with Crippen molar-refractivity contribution in [3.8, 4) is 5.69 Å². The normalized spacial score (nSPS) is 10.4. The van der Waals surface area contributed by atoms with Gasteiger partial charge in [-0.15, -0.1) is 0 Å². The van der Waals surface area contributed by atoms with Crippen LogP contribution in [0.4, 0.5) is 0 Å². The standard InChI is InChI=1S/C10H8ClNOS/c1-7-8(11)3-2-4-9(7)12-10(13)5-6-14-12/h2-6H,1H3. The summed E-state index contributed by atoms with van der Waals surface area (Å²) in [7, 11) is 0. The molecule has 0 saturated carbocycles. The second-order valence-corrected chi connectivity index (χ2v) is 4.18. The van der Waals surface area contributed by atoms with Crippen LogP contribution in [0.2, 0.25) is 5.02 Å². The van der Waals surface area contributed by atoms with Crippen LogP contribution in [0.15, 0.2) is 34.4 Å². The molecule has 0 fully saturated rings. The average molecular weight is 226 g/mol. The molecular formula is C10H8ClNOS. The van der Waals surface area contributed by atoms with Crippen LogP contribution < -0.4 is 5.56 Å².